The second kappa shape index (κ2) is 7.29. The van der Waals surface area contributed by atoms with Crippen molar-refractivity contribution in [2.75, 3.05) is 24.6 Å². The van der Waals surface area contributed by atoms with E-state index in [1.165, 1.54) is 12.3 Å². The molecule has 0 bridgehead atoms. The van der Waals surface area contributed by atoms with Crippen LogP contribution in [0.4, 0.5) is 19.0 Å². The molecular formula is C18H20F3N3O. The number of hydrogen-bond donors (Lipinski definition) is 0. The summed E-state index contributed by atoms with van der Waals surface area (Å²) in [5.41, 5.74) is 0.187. The van der Waals surface area contributed by atoms with Crippen molar-refractivity contribution in [2.24, 2.45) is 5.92 Å². The highest BCUT2D eigenvalue weighted by molar-refractivity contribution is 5.48. The van der Waals surface area contributed by atoms with E-state index in [1.807, 2.05) is 13.0 Å². The van der Waals surface area contributed by atoms with Crippen molar-refractivity contribution in [3.05, 3.63) is 47.9 Å². The second-order valence-electron chi connectivity index (χ2n) is 6.27. The van der Waals surface area contributed by atoms with Crippen LogP contribution in [0.15, 0.2) is 36.7 Å². The fraction of sp³-hybridized carbons (Fsp3) is 0.444. The summed E-state index contributed by atoms with van der Waals surface area (Å²) < 4.78 is 45.4. The van der Waals surface area contributed by atoms with Gasteiger partial charge < -0.3 is 9.64 Å². The molecule has 2 aromatic rings. The van der Waals surface area contributed by atoms with E-state index in [2.05, 4.69) is 9.97 Å². The zero-order valence-corrected chi connectivity index (χ0v) is 14.0. The lowest BCUT2D eigenvalue weighted by Gasteiger charge is -2.34. The first kappa shape index (κ1) is 17.5. The van der Waals surface area contributed by atoms with Crippen molar-refractivity contribution in [3.63, 3.8) is 0 Å². The molecule has 0 amide bonds. The van der Waals surface area contributed by atoms with Crippen LogP contribution in [-0.2, 0) is 6.18 Å². The number of aromatic nitrogens is 2. The Bertz CT molecular complexity index is 721. The molecule has 3 heterocycles. The van der Waals surface area contributed by atoms with Gasteiger partial charge in [-0.05, 0) is 38.0 Å². The van der Waals surface area contributed by atoms with Crippen molar-refractivity contribution in [1.82, 2.24) is 9.97 Å². The smallest absolute Gasteiger partial charge is 0.419 e. The number of hydrogen-bond acceptors (Lipinski definition) is 4. The van der Waals surface area contributed by atoms with Gasteiger partial charge in [0.1, 0.15) is 11.6 Å². The molecule has 2 aromatic heterocycles. The predicted molar refractivity (Wildman–Crippen MR) is 88.6 cm³/mol. The van der Waals surface area contributed by atoms with Gasteiger partial charge in [-0.3, -0.25) is 4.98 Å². The highest BCUT2D eigenvalue weighted by Crippen LogP contribution is 2.36. The Hall–Kier alpha value is -2.31. The maximum atomic E-state index is 13.2. The molecular weight excluding hydrogens is 331 g/mol. The van der Waals surface area contributed by atoms with Gasteiger partial charge in [-0.15, -0.1) is 0 Å². The minimum atomic E-state index is -4.40. The average molecular weight is 351 g/mol. The molecule has 0 spiro atoms. The molecule has 0 aliphatic carbocycles. The van der Waals surface area contributed by atoms with Crippen LogP contribution >= 0.6 is 0 Å². The van der Waals surface area contributed by atoms with E-state index in [0.29, 0.717) is 19.7 Å². The fourth-order valence-electron chi connectivity index (χ4n) is 3.09. The van der Waals surface area contributed by atoms with Crippen LogP contribution in [0.2, 0.25) is 0 Å². The fourth-order valence-corrected chi connectivity index (χ4v) is 3.09. The first-order valence-electron chi connectivity index (χ1n) is 8.26. The summed E-state index contributed by atoms with van der Waals surface area (Å²) in [5, 5.41) is 0. The van der Waals surface area contributed by atoms with Gasteiger partial charge in [-0.1, -0.05) is 0 Å². The molecule has 1 unspecified atom stereocenters. The Labute approximate surface area is 144 Å². The Morgan fingerprint density at radius 1 is 1.24 bits per heavy atom. The van der Waals surface area contributed by atoms with E-state index >= 15 is 0 Å². The standard InChI is InChI=1S/C18H20F3N3O/c1-13-10-15(6-8-22-13)25-12-14-4-3-9-24(11-14)17-16(18(19,20)21)5-2-7-23-17/h2,5-8,10,14H,3-4,9,11-12H2,1H3. The number of nitrogens with zero attached hydrogens (tertiary/aromatic N) is 3. The Morgan fingerprint density at radius 3 is 2.84 bits per heavy atom. The second-order valence-corrected chi connectivity index (χ2v) is 6.27. The summed E-state index contributed by atoms with van der Waals surface area (Å²) >= 11 is 0. The molecule has 1 atom stereocenters. The Kier molecular flexibility index (Phi) is 5.11. The SMILES string of the molecule is Cc1cc(OCC2CCCN(c3ncccc3C(F)(F)F)C2)ccn1. The average Bonchev–Trinajstić information content (AvgIpc) is 2.60. The Balaban J connectivity index is 1.68. The van der Waals surface area contributed by atoms with Crippen molar-refractivity contribution < 1.29 is 17.9 Å². The van der Waals surface area contributed by atoms with E-state index in [-0.39, 0.29) is 11.7 Å². The van der Waals surface area contributed by atoms with Gasteiger partial charge in [0.25, 0.3) is 0 Å². The number of ether oxygens (including phenoxy) is 1. The van der Waals surface area contributed by atoms with Crippen LogP contribution in [0.25, 0.3) is 0 Å². The highest BCUT2D eigenvalue weighted by Gasteiger charge is 2.36. The molecule has 0 saturated carbocycles. The number of rotatable bonds is 4. The Morgan fingerprint density at radius 2 is 2.08 bits per heavy atom. The quantitative estimate of drug-likeness (QED) is 0.831. The minimum Gasteiger partial charge on any atom is -0.493 e. The number of aryl methyl sites for hydroxylation is 1. The lowest BCUT2D eigenvalue weighted by Crippen LogP contribution is -2.39. The first-order valence-corrected chi connectivity index (χ1v) is 8.26. The third-order valence-electron chi connectivity index (χ3n) is 4.26. The molecule has 3 rings (SSSR count). The van der Waals surface area contributed by atoms with Gasteiger partial charge in [0, 0.05) is 43.2 Å². The molecule has 1 fully saturated rings. The number of piperidine rings is 1. The third kappa shape index (κ3) is 4.41. The third-order valence-corrected chi connectivity index (χ3v) is 4.26. The van der Waals surface area contributed by atoms with Gasteiger partial charge in [-0.2, -0.15) is 13.2 Å². The highest BCUT2D eigenvalue weighted by atomic mass is 19.4. The van der Waals surface area contributed by atoms with E-state index in [4.69, 9.17) is 4.74 Å². The number of anilines is 1. The summed E-state index contributed by atoms with van der Waals surface area (Å²) in [5.74, 6) is 0.906. The molecule has 7 heteroatoms. The van der Waals surface area contributed by atoms with Crippen LogP contribution < -0.4 is 9.64 Å². The summed E-state index contributed by atoms with van der Waals surface area (Å²) in [4.78, 5) is 9.83. The molecule has 0 N–H and O–H groups in total. The van der Waals surface area contributed by atoms with E-state index in [1.54, 1.807) is 17.2 Å². The lowest BCUT2D eigenvalue weighted by atomic mass is 9.98. The minimum absolute atomic E-state index is 0.0134. The predicted octanol–water partition coefficient (Wildman–Crippen LogP) is 4.10. The molecule has 1 aliphatic heterocycles. The van der Waals surface area contributed by atoms with Gasteiger partial charge in [0.05, 0.1) is 12.2 Å². The summed E-state index contributed by atoms with van der Waals surface area (Å²) in [6.45, 7) is 3.43. The van der Waals surface area contributed by atoms with Crippen LogP contribution in [0.3, 0.4) is 0 Å². The molecule has 134 valence electrons. The molecule has 4 nitrogen and oxygen atoms in total. The van der Waals surface area contributed by atoms with Crippen LogP contribution in [0.5, 0.6) is 5.75 Å². The van der Waals surface area contributed by atoms with Gasteiger partial charge >= 0.3 is 6.18 Å². The van der Waals surface area contributed by atoms with Gasteiger partial charge in [-0.25, -0.2) is 4.98 Å². The van der Waals surface area contributed by atoms with Crippen LogP contribution in [-0.4, -0.2) is 29.7 Å². The zero-order chi connectivity index (χ0) is 17.9. The van der Waals surface area contributed by atoms with Crippen LogP contribution in [0.1, 0.15) is 24.1 Å². The topological polar surface area (TPSA) is 38.2 Å². The molecule has 25 heavy (non-hydrogen) atoms. The first-order chi connectivity index (χ1) is 11.9. The number of halogens is 3. The van der Waals surface area contributed by atoms with Gasteiger partial charge in [0.2, 0.25) is 0 Å². The monoisotopic (exact) mass is 351 g/mol. The maximum absolute atomic E-state index is 13.2. The van der Waals surface area contributed by atoms with Crippen molar-refractivity contribution in [1.29, 1.82) is 0 Å². The van der Waals surface area contributed by atoms with Crippen molar-refractivity contribution in [3.8, 4) is 5.75 Å². The molecule has 0 radical (unpaired) electrons. The van der Waals surface area contributed by atoms with Crippen LogP contribution in [0, 0.1) is 12.8 Å². The molecule has 1 saturated heterocycles. The van der Waals surface area contributed by atoms with E-state index in [9.17, 15) is 13.2 Å². The largest absolute Gasteiger partial charge is 0.493 e. The van der Waals surface area contributed by atoms with Crippen molar-refractivity contribution in [2.45, 2.75) is 25.9 Å². The summed E-state index contributed by atoms with van der Waals surface area (Å²) in [6, 6.07) is 6.04. The van der Waals surface area contributed by atoms with E-state index < -0.39 is 11.7 Å². The summed E-state index contributed by atoms with van der Waals surface area (Å²) in [7, 11) is 0. The maximum Gasteiger partial charge on any atom is 0.419 e. The lowest BCUT2D eigenvalue weighted by molar-refractivity contribution is -0.137. The zero-order valence-electron chi connectivity index (χ0n) is 14.0. The number of pyridine rings is 2. The van der Waals surface area contributed by atoms with E-state index in [0.717, 1.165) is 30.4 Å². The number of alkyl halides is 3. The molecule has 0 aromatic carbocycles. The summed E-state index contributed by atoms with van der Waals surface area (Å²) in [6.07, 6.45) is 0.430. The van der Waals surface area contributed by atoms with Gasteiger partial charge in [0.15, 0.2) is 0 Å². The normalized spacial score (nSPS) is 18.2. The molecule has 1 aliphatic rings. The van der Waals surface area contributed by atoms with Crippen molar-refractivity contribution >= 4 is 5.82 Å².